The number of aliphatic hydroxyl groups is 1. The fourth-order valence-corrected chi connectivity index (χ4v) is 1.88. The number of carboxylic acids is 1. The van der Waals surface area contributed by atoms with Gasteiger partial charge in [-0.2, -0.15) is 0 Å². The number of hydrogen-bond donors (Lipinski definition) is 2. The van der Waals surface area contributed by atoms with E-state index in [1.54, 1.807) is 6.07 Å². The summed E-state index contributed by atoms with van der Waals surface area (Å²) >= 11 is 6.08. The summed E-state index contributed by atoms with van der Waals surface area (Å²) in [5.74, 6) is -1.39. The molecule has 0 saturated carbocycles. The summed E-state index contributed by atoms with van der Waals surface area (Å²) in [5, 5.41) is 19.0. The maximum Gasteiger partial charge on any atom is 0.309 e. The van der Waals surface area contributed by atoms with E-state index in [1.807, 2.05) is 0 Å². The molecule has 1 aromatic carbocycles. The van der Waals surface area contributed by atoms with Crippen LogP contribution in [-0.4, -0.2) is 30.4 Å². The van der Waals surface area contributed by atoms with Crippen molar-refractivity contribution < 1.29 is 24.5 Å². The van der Waals surface area contributed by atoms with E-state index in [2.05, 4.69) is 0 Å². The van der Waals surface area contributed by atoms with Gasteiger partial charge in [-0.25, -0.2) is 0 Å². The average molecular weight is 275 g/mol. The van der Waals surface area contributed by atoms with Crippen LogP contribution in [0.2, 0.25) is 5.02 Å². The first-order chi connectivity index (χ1) is 8.43. The Hall–Kier alpha value is -1.46. The first-order valence-electron chi connectivity index (χ1n) is 5.25. The molecule has 0 saturated heterocycles. The Bertz CT molecular complexity index is 446. The fraction of sp³-hybridized carbons (Fsp3) is 0.417. The molecule has 1 aromatic rings. The lowest BCUT2D eigenvalue weighted by atomic mass is 9.97. The van der Waals surface area contributed by atoms with Gasteiger partial charge in [-0.3, -0.25) is 4.79 Å². The van der Waals surface area contributed by atoms with Crippen molar-refractivity contribution in [2.75, 3.05) is 14.2 Å². The monoisotopic (exact) mass is 274 g/mol. The van der Waals surface area contributed by atoms with E-state index < -0.39 is 18.0 Å². The van der Waals surface area contributed by atoms with Gasteiger partial charge in [-0.1, -0.05) is 17.7 Å². The molecule has 0 aliphatic rings. The molecule has 5 nitrogen and oxygen atoms in total. The van der Waals surface area contributed by atoms with Crippen LogP contribution in [-0.2, 0) is 4.79 Å². The van der Waals surface area contributed by atoms with Crippen molar-refractivity contribution in [1.29, 1.82) is 0 Å². The minimum atomic E-state index is -1.21. The van der Waals surface area contributed by atoms with E-state index >= 15 is 0 Å². The van der Waals surface area contributed by atoms with E-state index in [9.17, 15) is 9.90 Å². The molecule has 0 bridgehead atoms. The van der Waals surface area contributed by atoms with E-state index in [4.69, 9.17) is 26.2 Å². The molecule has 0 aliphatic carbocycles. The molecule has 0 spiro atoms. The zero-order valence-electron chi connectivity index (χ0n) is 10.3. The first kappa shape index (κ1) is 14.6. The highest BCUT2D eigenvalue weighted by Gasteiger charge is 2.27. The second-order valence-corrected chi connectivity index (χ2v) is 4.15. The van der Waals surface area contributed by atoms with Crippen molar-refractivity contribution >= 4 is 17.6 Å². The highest BCUT2D eigenvalue weighted by atomic mass is 35.5. The van der Waals surface area contributed by atoms with Crippen molar-refractivity contribution in [3.05, 3.63) is 22.7 Å². The first-order valence-corrected chi connectivity index (χ1v) is 5.63. The zero-order valence-corrected chi connectivity index (χ0v) is 11.1. The lowest BCUT2D eigenvalue weighted by molar-refractivity contribution is -0.145. The number of rotatable bonds is 5. The molecule has 2 atom stereocenters. The number of halogens is 1. The predicted molar refractivity (Wildman–Crippen MR) is 66.3 cm³/mol. The van der Waals surface area contributed by atoms with Crippen molar-refractivity contribution in [2.24, 2.45) is 5.92 Å². The molecule has 18 heavy (non-hydrogen) atoms. The third kappa shape index (κ3) is 2.68. The average Bonchev–Trinajstić information content (AvgIpc) is 2.36. The molecule has 0 fully saturated rings. The number of aliphatic carboxylic acids is 1. The van der Waals surface area contributed by atoms with Gasteiger partial charge in [0, 0.05) is 5.56 Å². The Morgan fingerprint density at radius 2 is 1.94 bits per heavy atom. The lowest BCUT2D eigenvalue weighted by Crippen LogP contribution is -2.19. The van der Waals surface area contributed by atoms with Gasteiger partial charge >= 0.3 is 5.97 Å². The van der Waals surface area contributed by atoms with Crippen molar-refractivity contribution in [2.45, 2.75) is 13.0 Å². The van der Waals surface area contributed by atoms with Gasteiger partial charge in [0.05, 0.1) is 31.3 Å². The summed E-state index contributed by atoms with van der Waals surface area (Å²) in [6.07, 6.45) is -1.21. The van der Waals surface area contributed by atoms with Crippen LogP contribution in [0.3, 0.4) is 0 Å². The molecule has 100 valence electrons. The number of carbonyl (C=O) groups is 1. The van der Waals surface area contributed by atoms with Crippen LogP contribution in [0.1, 0.15) is 18.6 Å². The standard InChI is InChI=1S/C12H15ClO5/c1-6(12(15)16)10(14)7-4-5-8(17-2)11(18-3)9(7)13/h4-6,10,14H,1-3H3,(H,15,16). The Kier molecular flexibility index (Phi) is 4.81. The lowest BCUT2D eigenvalue weighted by Gasteiger charge is -2.19. The smallest absolute Gasteiger partial charge is 0.309 e. The maximum atomic E-state index is 10.8. The summed E-state index contributed by atoms with van der Waals surface area (Å²) in [6, 6.07) is 3.09. The molecule has 0 amide bonds. The highest BCUT2D eigenvalue weighted by molar-refractivity contribution is 6.33. The third-order valence-corrected chi connectivity index (χ3v) is 3.09. The normalized spacial score (nSPS) is 13.8. The van der Waals surface area contributed by atoms with Crippen LogP contribution in [0.5, 0.6) is 11.5 Å². The van der Waals surface area contributed by atoms with Crippen molar-refractivity contribution in [3.8, 4) is 11.5 Å². The summed E-state index contributed by atoms with van der Waals surface area (Å²) in [7, 11) is 2.88. The number of aliphatic hydroxyl groups excluding tert-OH is 1. The van der Waals surface area contributed by atoms with Crippen molar-refractivity contribution in [1.82, 2.24) is 0 Å². The molecule has 0 aliphatic heterocycles. The van der Waals surface area contributed by atoms with E-state index in [0.717, 1.165) is 0 Å². The third-order valence-electron chi connectivity index (χ3n) is 2.70. The summed E-state index contributed by atoms with van der Waals surface area (Å²) in [4.78, 5) is 10.8. The van der Waals surface area contributed by atoms with Crippen LogP contribution in [0.25, 0.3) is 0 Å². The van der Waals surface area contributed by atoms with Crippen LogP contribution in [0.15, 0.2) is 12.1 Å². The minimum absolute atomic E-state index is 0.150. The molecule has 2 N–H and O–H groups in total. The molecule has 6 heteroatoms. The van der Waals surface area contributed by atoms with Crippen LogP contribution in [0, 0.1) is 5.92 Å². The maximum absolute atomic E-state index is 10.8. The molecular formula is C12H15ClO5. The van der Waals surface area contributed by atoms with Gasteiger partial charge in [0.1, 0.15) is 0 Å². The highest BCUT2D eigenvalue weighted by Crippen LogP contribution is 2.41. The van der Waals surface area contributed by atoms with E-state index in [1.165, 1.54) is 27.2 Å². The minimum Gasteiger partial charge on any atom is -0.493 e. The second kappa shape index (κ2) is 5.93. The molecule has 0 radical (unpaired) electrons. The zero-order chi connectivity index (χ0) is 13.9. The van der Waals surface area contributed by atoms with Crippen LogP contribution >= 0.6 is 11.6 Å². The summed E-state index contributed by atoms with van der Waals surface area (Å²) in [6.45, 7) is 1.40. The molecule has 2 unspecified atom stereocenters. The fourth-order valence-electron chi connectivity index (χ4n) is 1.54. The van der Waals surface area contributed by atoms with E-state index in [0.29, 0.717) is 11.3 Å². The second-order valence-electron chi connectivity index (χ2n) is 3.78. The van der Waals surface area contributed by atoms with Gasteiger partial charge in [-0.15, -0.1) is 0 Å². The largest absolute Gasteiger partial charge is 0.493 e. The Labute approximate surface area is 110 Å². The Morgan fingerprint density at radius 3 is 2.39 bits per heavy atom. The summed E-state index contributed by atoms with van der Waals surface area (Å²) < 4.78 is 10.1. The molecule has 0 heterocycles. The Balaban J connectivity index is 3.22. The number of hydrogen-bond acceptors (Lipinski definition) is 4. The number of ether oxygens (including phenoxy) is 2. The van der Waals surface area contributed by atoms with Crippen LogP contribution in [0.4, 0.5) is 0 Å². The van der Waals surface area contributed by atoms with Gasteiger partial charge in [0.15, 0.2) is 11.5 Å². The molecule has 0 aromatic heterocycles. The number of methoxy groups -OCH3 is 2. The molecular weight excluding hydrogens is 260 g/mol. The van der Waals surface area contributed by atoms with E-state index in [-0.39, 0.29) is 10.8 Å². The number of benzene rings is 1. The van der Waals surface area contributed by atoms with Crippen molar-refractivity contribution in [3.63, 3.8) is 0 Å². The van der Waals surface area contributed by atoms with Gasteiger partial charge in [0.25, 0.3) is 0 Å². The molecule has 1 rings (SSSR count). The number of carboxylic acid groups (broad SMARTS) is 1. The van der Waals surface area contributed by atoms with Gasteiger partial charge < -0.3 is 19.7 Å². The SMILES string of the molecule is COc1ccc(C(O)C(C)C(=O)O)c(Cl)c1OC. The van der Waals surface area contributed by atoms with Crippen LogP contribution < -0.4 is 9.47 Å². The predicted octanol–water partition coefficient (Wildman–Crippen LogP) is 2.11. The Morgan fingerprint density at radius 1 is 1.33 bits per heavy atom. The quantitative estimate of drug-likeness (QED) is 0.860. The van der Waals surface area contributed by atoms with Gasteiger partial charge in [-0.05, 0) is 13.0 Å². The van der Waals surface area contributed by atoms with Gasteiger partial charge in [0.2, 0.25) is 0 Å². The topological polar surface area (TPSA) is 76.0 Å². The summed E-state index contributed by atoms with van der Waals surface area (Å²) in [5.41, 5.74) is 0.296.